The molecule has 4 heteroatoms. The van der Waals surface area contributed by atoms with Gasteiger partial charge >= 0.3 is 0 Å². The number of carbonyl (C=O) groups excluding carboxylic acids is 1. The lowest BCUT2D eigenvalue weighted by atomic mass is 9.79. The summed E-state index contributed by atoms with van der Waals surface area (Å²) in [5, 5.41) is 12.1. The quantitative estimate of drug-likeness (QED) is 0.847. The summed E-state index contributed by atoms with van der Waals surface area (Å²) >= 11 is 0. The maximum Gasteiger partial charge on any atom is 0.244 e. The number of halogens is 1. The van der Waals surface area contributed by atoms with Gasteiger partial charge in [0.05, 0.1) is 6.07 Å². The minimum Gasteiger partial charge on any atom is -0.324 e. The van der Waals surface area contributed by atoms with Crippen LogP contribution in [0.2, 0.25) is 0 Å². The maximum atomic E-state index is 13.3. The van der Waals surface area contributed by atoms with Gasteiger partial charge in [-0.3, -0.25) is 4.79 Å². The number of carbonyl (C=O) groups is 1. The molecule has 0 bridgehead atoms. The number of nitrogens with zero attached hydrogens (tertiary/aromatic N) is 1. The zero-order chi connectivity index (χ0) is 15.2. The van der Waals surface area contributed by atoms with Crippen molar-refractivity contribution in [2.75, 3.05) is 5.32 Å². The van der Waals surface area contributed by atoms with Crippen LogP contribution in [0.1, 0.15) is 45.1 Å². The second-order valence-electron chi connectivity index (χ2n) is 5.11. The van der Waals surface area contributed by atoms with Crippen molar-refractivity contribution in [3.63, 3.8) is 0 Å². The van der Waals surface area contributed by atoms with Crippen molar-refractivity contribution in [2.45, 2.75) is 46.5 Å². The van der Waals surface area contributed by atoms with E-state index in [0.29, 0.717) is 18.5 Å². The highest BCUT2D eigenvalue weighted by molar-refractivity contribution is 5.97. The third kappa shape index (κ3) is 3.57. The van der Waals surface area contributed by atoms with Gasteiger partial charge in [0, 0.05) is 5.69 Å². The smallest absolute Gasteiger partial charge is 0.244 e. The van der Waals surface area contributed by atoms with Gasteiger partial charge in [0.2, 0.25) is 5.91 Å². The summed E-state index contributed by atoms with van der Waals surface area (Å²) in [6, 6.07) is 6.41. The first kappa shape index (κ1) is 16.2. The van der Waals surface area contributed by atoms with Crippen molar-refractivity contribution >= 4 is 11.6 Å². The molecule has 1 aromatic rings. The number of anilines is 1. The van der Waals surface area contributed by atoms with Crippen LogP contribution in [0.15, 0.2) is 18.2 Å². The molecule has 0 saturated heterocycles. The molecule has 1 amide bonds. The van der Waals surface area contributed by atoms with Crippen LogP contribution < -0.4 is 5.32 Å². The van der Waals surface area contributed by atoms with Gasteiger partial charge < -0.3 is 5.32 Å². The molecule has 0 spiro atoms. The third-order valence-electron chi connectivity index (χ3n) is 3.45. The van der Waals surface area contributed by atoms with Crippen LogP contribution in [-0.4, -0.2) is 5.91 Å². The zero-order valence-corrected chi connectivity index (χ0v) is 12.3. The number of nitrogens with one attached hydrogen (secondary N) is 1. The van der Waals surface area contributed by atoms with E-state index in [0.717, 1.165) is 18.4 Å². The molecule has 0 aromatic heterocycles. The Morgan fingerprint density at radius 3 is 2.45 bits per heavy atom. The van der Waals surface area contributed by atoms with Crippen molar-refractivity contribution in [1.29, 1.82) is 5.26 Å². The Bertz CT molecular complexity index is 514. The van der Waals surface area contributed by atoms with Crippen LogP contribution in [0.25, 0.3) is 0 Å². The molecule has 0 aliphatic rings. The Labute approximate surface area is 119 Å². The first-order valence-corrected chi connectivity index (χ1v) is 6.98. The van der Waals surface area contributed by atoms with E-state index < -0.39 is 11.2 Å². The van der Waals surface area contributed by atoms with Gasteiger partial charge in [0.1, 0.15) is 11.2 Å². The van der Waals surface area contributed by atoms with Crippen molar-refractivity contribution < 1.29 is 9.18 Å². The number of rotatable bonds is 6. The van der Waals surface area contributed by atoms with Gasteiger partial charge in [-0.05, 0) is 37.5 Å². The molecule has 0 atom stereocenters. The van der Waals surface area contributed by atoms with Crippen LogP contribution in [0.3, 0.4) is 0 Å². The van der Waals surface area contributed by atoms with Crippen molar-refractivity contribution in [1.82, 2.24) is 0 Å². The first-order chi connectivity index (χ1) is 9.49. The summed E-state index contributed by atoms with van der Waals surface area (Å²) in [5.74, 6) is -0.739. The van der Waals surface area contributed by atoms with Crippen LogP contribution in [-0.2, 0) is 4.79 Å². The molecule has 0 fully saturated rings. The van der Waals surface area contributed by atoms with E-state index in [1.165, 1.54) is 12.1 Å². The predicted molar refractivity (Wildman–Crippen MR) is 77.6 cm³/mol. The van der Waals surface area contributed by atoms with Gasteiger partial charge in [-0.2, -0.15) is 5.26 Å². The monoisotopic (exact) mass is 276 g/mol. The Balaban J connectivity index is 3.02. The molecule has 0 heterocycles. The minimum atomic E-state index is -1.03. The van der Waals surface area contributed by atoms with Crippen molar-refractivity contribution in [2.24, 2.45) is 5.41 Å². The first-order valence-electron chi connectivity index (χ1n) is 6.98. The van der Waals surface area contributed by atoms with E-state index in [1.807, 2.05) is 13.8 Å². The fourth-order valence-electron chi connectivity index (χ4n) is 2.34. The highest BCUT2D eigenvalue weighted by Gasteiger charge is 2.37. The number of nitriles is 1. The lowest BCUT2D eigenvalue weighted by Gasteiger charge is -2.25. The predicted octanol–water partition coefficient (Wildman–Crippen LogP) is 4.18. The molecule has 1 rings (SSSR count). The van der Waals surface area contributed by atoms with Crippen LogP contribution in [0.4, 0.5) is 10.1 Å². The molecule has 1 aromatic carbocycles. The molecular formula is C16H21FN2O. The second-order valence-corrected chi connectivity index (χ2v) is 5.11. The van der Waals surface area contributed by atoms with E-state index in [2.05, 4.69) is 11.4 Å². The molecule has 0 radical (unpaired) electrons. The average Bonchev–Trinajstić information content (AvgIpc) is 2.42. The van der Waals surface area contributed by atoms with E-state index in [1.54, 1.807) is 13.0 Å². The van der Waals surface area contributed by atoms with Crippen molar-refractivity contribution in [3.05, 3.63) is 29.6 Å². The SMILES string of the molecule is CCCC(C#N)(CCC)C(=O)Nc1cc(F)ccc1C. The average molecular weight is 276 g/mol. The lowest BCUT2D eigenvalue weighted by Crippen LogP contribution is -2.35. The third-order valence-corrected chi connectivity index (χ3v) is 3.45. The van der Waals surface area contributed by atoms with E-state index in [4.69, 9.17) is 0 Å². The summed E-state index contributed by atoms with van der Waals surface area (Å²) in [5.41, 5.74) is 0.184. The van der Waals surface area contributed by atoms with Crippen LogP contribution in [0, 0.1) is 29.5 Å². The highest BCUT2D eigenvalue weighted by Crippen LogP contribution is 2.31. The number of amides is 1. The second kappa shape index (κ2) is 7.04. The van der Waals surface area contributed by atoms with Gasteiger partial charge in [-0.25, -0.2) is 4.39 Å². The van der Waals surface area contributed by atoms with E-state index in [9.17, 15) is 14.4 Å². The molecule has 0 saturated carbocycles. The standard InChI is InChI=1S/C16H21FN2O/c1-4-8-16(11-18,9-5-2)15(20)19-14-10-13(17)7-6-12(14)3/h6-7,10H,4-5,8-9H2,1-3H3,(H,19,20). The number of benzene rings is 1. The summed E-state index contributed by atoms with van der Waals surface area (Å²) in [4.78, 5) is 12.5. The fraction of sp³-hybridized carbons (Fsp3) is 0.500. The fourth-order valence-corrected chi connectivity index (χ4v) is 2.34. The topological polar surface area (TPSA) is 52.9 Å². The number of hydrogen-bond donors (Lipinski definition) is 1. The Morgan fingerprint density at radius 1 is 1.35 bits per heavy atom. The molecule has 108 valence electrons. The Kier molecular flexibility index (Phi) is 5.69. The summed E-state index contributed by atoms with van der Waals surface area (Å²) in [7, 11) is 0. The Hall–Kier alpha value is -1.89. The van der Waals surface area contributed by atoms with Gasteiger partial charge in [0.25, 0.3) is 0 Å². The molecule has 1 N–H and O–H groups in total. The highest BCUT2D eigenvalue weighted by atomic mass is 19.1. The van der Waals surface area contributed by atoms with Crippen LogP contribution >= 0.6 is 0 Å². The van der Waals surface area contributed by atoms with E-state index in [-0.39, 0.29) is 5.91 Å². The molecule has 0 unspecified atom stereocenters. The largest absolute Gasteiger partial charge is 0.324 e. The Morgan fingerprint density at radius 2 is 1.95 bits per heavy atom. The lowest BCUT2D eigenvalue weighted by molar-refractivity contribution is -0.123. The maximum absolute atomic E-state index is 13.3. The van der Waals surface area contributed by atoms with Gasteiger partial charge in [0.15, 0.2) is 0 Å². The molecule has 0 aliphatic carbocycles. The number of hydrogen-bond acceptors (Lipinski definition) is 2. The summed E-state index contributed by atoms with van der Waals surface area (Å²) in [6.07, 6.45) is 2.53. The van der Waals surface area contributed by atoms with Crippen LogP contribution in [0.5, 0.6) is 0 Å². The molecule has 0 aliphatic heterocycles. The molecule has 20 heavy (non-hydrogen) atoms. The zero-order valence-electron chi connectivity index (χ0n) is 12.3. The normalized spacial score (nSPS) is 10.9. The van der Waals surface area contributed by atoms with Gasteiger partial charge in [-0.15, -0.1) is 0 Å². The van der Waals surface area contributed by atoms with E-state index >= 15 is 0 Å². The van der Waals surface area contributed by atoms with Gasteiger partial charge in [-0.1, -0.05) is 32.8 Å². The summed E-state index contributed by atoms with van der Waals surface area (Å²) < 4.78 is 13.3. The van der Waals surface area contributed by atoms with Crippen molar-refractivity contribution in [3.8, 4) is 6.07 Å². The minimum absolute atomic E-state index is 0.336. The number of aryl methyl sites for hydroxylation is 1. The molecular weight excluding hydrogens is 255 g/mol. The summed E-state index contributed by atoms with van der Waals surface area (Å²) in [6.45, 7) is 5.69. The molecule has 3 nitrogen and oxygen atoms in total.